The van der Waals surface area contributed by atoms with Crippen LogP contribution in [-0.4, -0.2) is 10.9 Å². The average Bonchev–Trinajstić information content (AvgIpc) is 3.09. The van der Waals surface area contributed by atoms with E-state index in [9.17, 15) is 4.79 Å². The second-order valence-corrected chi connectivity index (χ2v) is 6.90. The minimum Gasteiger partial charge on any atom is -0.436 e. The van der Waals surface area contributed by atoms with Crippen molar-refractivity contribution in [2.75, 3.05) is 5.32 Å². The Morgan fingerprint density at radius 2 is 1.93 bits per heavy atom. The monoisotopic (exact) mass is 378 g/mol. The van der Waals surface area contributed by atoms with E-state index >= 15 is 0 Å². The highest BCUT2D eigenvalue weighted by atomic mass is 35.5. The average molecular weight is 379 g/mol. The van der Waals surface area contributed by atoms with E-state index in [1.807, 2.05) is 54.6 Å². The van der Waals surface area contributed by atoms with Crippen molar-refractivity contribution in [1.82, 2.24) is 4.98 Å². The van der Waals surface area contributed by atoms with Crippen LogP contribution in [0.25, 0.3) is 33.3 Å². The van der Waals surface area contributed by atoms with Gasteiger partial charge < -0.3 is 9.73 Å². The molecule has 0 bridgehead atoms. The molecule has 0 aliphatic carbocycles. The number of fused-ring (bicyclic) bond motifs is 2. The van der Waals surface area contributed by atoms with Crippen LogP contribution in [0.1, 0.15) is 26.2 Å². The van der Waals surface area contributed by atoms with Gasteiger partial charge in [0.05, 0.1) is 0 Å². The Hall–Kier alpha value is -2.85. The van der Waals surface area contributed by atoms with Crippen LogP contribution in [0.2, 0.25) is 5.02 Å². The molecule has 1 aromatic heterocycles. The molecule has 5 heteroatoms. The zero-order chi connectivity index (χ0) is 18.8. The Balaban J connectivity index is 1.70. The maximum Gasteiger partial charge on any atom is 0.227 e. The van der Waals surface area contributed by atoms with Crippen LogP contribution in [-0.2, 0) is 4.79 Å². The summed E-state index contributed by atoms with van der Waals surface area (Å²) in [6.07, 6.45) is 2.40. The molecule has 4 aromatic rings. The van der Waals surface area contributed by atoms with E-state index in [0.29, 0.717) is 28.4 Å². The number of carbonyl (C=O) groups is 1. The molecule has 0 fully saturated rings. The molecule has 0 aliphatic rings. The number of halogens is 1. The first-order chi connectivity index (χ1) is 13.2. The third kappa shape index (κ3) is 3.53. The van der Waals surface area contributed by atoms with Gasteiger partial charge in [0.25, 0.3) is 0 Å². The number of benzene rings is 3. The maximum absolute atomic E-state index is 11.9. The molecule has 3 aromatic carbocycles. The third-order valence-corrected chi connectivity index (χ3v) is 4.86. The summed E-state index contributed by atoms with van der Waals surface area (Å²) in [5.74, 6) is 0.552. The molecular weight excluding hydrogens is 360 g/mol. The number of hydrogen-bond acceptors (Lipinski definition) is 3. The summed E-state index contributed by atoms with van der Waals surface area (Å²) in [6.45, 7) is 2.07. The molecular formula is C22H19ClN2O2. The lowest BCUT2D eigenvalue weighted by atomic mass is 10.0. The highest BCUT2D eigenvalue weighted by Crippen LogP contribution is 2.33. The number of nitrogens with one attached hydrogen (secondary N) is 1. The number of amides is 1. The fraction of sp³-hybridized carbons (Fsp3) is 0.182. The molecule has 0 saturated carbocycles. The highest BCUT2D eigenvalue weighted by Gasteiger charge is 2.13. The fourth-order valence-electron chi connectivity index (χ4n) is 3.14. The molecule has 1 amide bonds. The molecule has 27 heavy (non-hydrogen) atoms. The van der Waals surface area contributed by atoms with Crippen molar-refractivity contribution in [3.63, 3.8) is 0 Å². The zero-order valence-electron chi connectivity index (χ0n) is 15.0. The fourth-order valence-corrected chi connectivity index (χ4v) is 3.38. The number of anilines is 1. The van der Waals surface area contributed by atoms with Gasteiger partial charge in [-0.2, -0.15) is 0 Å². The predicted octanol–water partition coefficient (Wildman–Crippen LogP) is 6.43. The van der Waals surface area contributed by atoms with Gasteiger partial charge in [0.1, 0.15) is 5.52 Å². The van der Waals surface area contributed by atoms with E-state index in [4.69, 9.17) is 16.0 Å². The quantitative estimate of drug-likeness (QED) is 0.435. The van der Waals surface area contributed by atoms with Crippen LogP contribution in [0.4, 0.5) is 5.69 Å². The van der Waals surface area contributed by atoms with Crippen molar-refractivity contribution in [2.45, 2.75) is 26.2 Å². The molecule has 0 spiro atoms. The van der Waals surface area contributed by atoms with Gasteiger partial charge in [0, 0.05) is 28.1 Å². The number of nitrogens with zero attached hydrogens (tertiary/aromatic N) is 1. The first-order valence-corrected chi connectivity index (χ1v) is 9.41. The molecule has 1 heterocycles. The smallest absolute Gasteiger partial charge is 0.227 e. The van der Waals surface area contributed by atoms with Crippen LogP contribution >= 0.6 is 11.6 Å². The van der Waals surface area contributed by atoms with Crippen molar-refractivity contribution in [2.24, 2.45) is 0 Å². The molecule has 4 nitrogen and oxygen atoms in total. The second kappa shape index (κ2) is 7.41. The lowest BCUT2D eigenvalue weighted by Crippen LogP contribution is -2.10. The summed E-state index contributed by atoms with van der Waals surface area (Å²) in [7, 11) is 0. The van der Waals surface area contributed by atoms with Crippen LogP contribution in [0, 0.1) is 0 Å². The number of unbranched alkanes of at least 4 members (excludes halogenated alkanes) is 1. The minimum absolute atomic E-state index is 0.0172. The largest absolute Gasteiger partial charge is 0.436 e. The first kappa shape index (κ1) is 17.6. The number of rotatable bonds is 5. The van der Waals surface area contributed by atoms with Crippen molar-refractivity contribution in [1.29, 1.82) is 0 Å². The van der Waals surface area contributed by atoms with Crippen LogP contribution in [0.15, 0.2) is 59.0 Å². The van der Waals surface area contributed by atoms with E-state index in [-0.39, 0.29) is 5.91 Å². The standard InChI is InChI=1S/C22H19ClN2O2/c1-2-3-10-21(26)24-14-11-12-20-19(13-14)25-22(27-20)17-8-4-7-16-15(17)6-5-9-18(16)23/h4-9,11-13H,2-3,10H2,1H3,(H,24,26). The maximum atomic E-state index is 11.9. The number of oxazole rings is 1. The minimum atomic E-state index is 0.0172. The van der Waals surface area contributed by atoms with E-state index in [1.165, 1.54) is 0 Å². The zero-order valence-corrected chi connectivity index (χ0v) is 15.7. The van der Waals surface area contributed by atoms with Gasteiger partial charge >= 0.3 is 0 Å². The van der Waals surface area contributed by atoms with Gasteiger partial charge in [0.2, 0.25) is 11.8 Å². The van der Waals surface area contributed by atoms with Crippen molar-refractivity contribution < 1.29 is 9.21 Å². The Morgan fingerprint density at radius 3 is 2.78 bits per heavy atom. The molecule has 1 N–H and O–H groups in total. The molecule has 4 rings (SSSR count). The Labute approximate surface area is 162 Å². The summed E-state index contributed by atoms with van der Waals surface area (Å²) in [5, 5.41) is 5.57. The summed E-state index contributed by atoms with van der Waals surface area (Å²) in [6, 6.07) is 17.2. The molecule has 0 unspecified atom stereocenters. The molecule has 136 valence electrons. The Morgan fingerprint density at radius 1 is 1.11 bits per heavy atom. The molecule has 0 aliphatic heterocycles. The highest BCUT2D eigenvalue weighted by molar-refractivity contribution is 6.35. The van der Waals surface area contributed by atoms with Crippen molar-refractivity contribution in [3.05, 3.63) is 59.6 Å². The van der Waals surface area contributed by atoms with Crippen LogP contribution in [0.5, 0.6) is 0 Å². The summed E-state index contributed by atoms with van der Waals surface area (Å²) in [5.41, 5.74) is 3.00. The molecule has 0 atom stereocenters. The Kier molecular flexibility index (Phi) is 4.82. The van der Waals surface area contributed by atoms with Crippen LogP contribution < -0.4 is 5.32 Å². The Bertz CT molecular complexity index is 1130. The SMILES string of the molecule is CCCCC(=O)Nc1ccc2oc(-c3cccc4c(Cl)cccc34)nc2c1. The second-order valence-electron chi connectivity index (χ2n) is 6.49. The van der Waals surface area contributed by atoms with Gasteiger partial charge in [0.15, 0.2) is 5.58 Å². The number of hydrogen-bond donors (Lipinski definition) is 1. The van der Waals surface area contributed by atoms with Crippen molar-refractivity contribution in [3.8, 4) is 11.5 Å². The first-order valence-electron chi connectivity index (χ1n) is 9.04. The predicted molar refractivity (Wildman–Crippen MR) is 110 cm³/mol. The number of carbonyl (C=O) groups excluding carboxylic acids is 1. The third-order valence-electron chi connectivity index (χ3n) is 4.53. The molecule has 0 saturated heterocycles. The van der Waals surface area contributed by atoms with Gasteiger partial charge in [-0.05, 0) is 42.1 Å². The van der Waals surface area contributed by atoms with E-state index in [0.717, 1.165) is 34.9 Å². The topological polar surface area (TPSA) is 55.1 Å². The van der Waals surface area contributed by atoms with Gasteiger partial charge in [-0.15, -0.1) is 0 Å². The van der Waals surface area contributed by atoms with Gasteiger partial charge in [-0.25, -0.2) is 4.98 Å². The van der Waals surface area contributed by atoms with Gasteiger partial charge in [-0.1, -0.05) is 49.2 Å². The van der Waals surface area contributed by atoms with E-state index in [1.54, 1.807) is 0 Å². The lowest BCUT2D eigenvalue weighted by Gasteiger charge is -2.04. The normalized spacial score (nSPS) is 11.2. The summed E-state index contributed by atoms with van der Waals surface area (Å²) in [4.78, 5) is 16.6. The van der Waals surface area contributed by atoms with Crippen molar-refractivity contribution >= 4 is 45.1 Å². The van der Waals surface area contributed by atoms with E-state index in [2.05, 4.69) is 17.2 Å². The van der Waals surface area contributed by atoms with Gasteiger partial charge in [-0.3, -0.25) is 4.79 Å². The van der Waals surface area contributed by atoms with E-state index < -0.39 is 0 Å². The lowest BCUT2D eigenvalue weighted by molar-refractivity contribution is -0.116. The molecule has 0 radical (unpaired) electrons. The number of aromatic nitrogens is 1. The van der Waals surface area contributed by atoms with Crippen LogP contribution in [0.3, 0.4) is 0 Å². The summed E-state index contributed by atoms with van der Waals surface area (Å²) < 4.78 is 5.96. The summed E-state index contributed by atoms with van der Waals surface area (Å²) >= 11 is 6.31.